The lowest BCUT2D eigenvalue weighted by Crippen LogP contribution is -2.12. The molecule has 0 saturated carbocycles. The fourth-order valence-electron chi connectivity index (χ4n) is 2.27. The summed E-state index contributed by atoms with van der Waals surface area (Å²) >= 11 is 9.95. The summed E-state index contributed by atoms with van der Waals surface area (Å²) in [6.45, 7) is -0.153. The molecule has 116 valence electrons. The first-order valence-electron chi connectivity index (χ1n) is 6.16. The second-order valence-corrected chi connectivity index (χ2v) is 5.47. The van der Waals surface area contributed by atoms with Crippen molar-refractivity contribution < 1.29 is 18.0 Å². The fourth-order valence-corrected chi connectivity index (χ4v) is 2.84. The third-order valence-corrected chi connectivity index (χ3v) is 3.75. The first-order chi connectivity index (χ1) is 10.3. The fraction of sp³-hybridized carbons (Fsp3) is 0.133. The molecule has 0 aliphatic rings. The molecule has 0 unspecified atom stereocenters. The van der Waals surface area contributed by atoms with Gasteiger partial charge in [0.25, 0.3) is 0 Å². The van der Waals surface area contributed by atoms with Crippen molar-refractivity contribution in [3.63, 3.8) is 0 Å². The Balaban J connectivity index is 2.94. The van der Waals surface area contributed by atoms with Gasteiger partial charge in [0.1, 0.15) is 0 Å². The van der Waals surface area contributed by atoms with Crippen molar-refractivity contribution in [2.75, 3.05) is 0 Å². The molecule has 0 saturated heterocycles. The van der Waals surface area contributed by atoms with Gasteiger partial charge < -0.3 is 5.73 Å². The molecule has 0 aliphatic heterocycles. The Morgan fingerprint density at radius 1 is 1.23 bits per heavy atom. The van der Waals surface area contributed by atoms with Crippen LogP contribution in [-0.4, -0.2) is 6.29 Å². The zero-order chi connectivity index (χ0) is 16.5. The van der Waals surface area contributed by atoms with E-state index in [1.165, 1.54) is 18.2 Å². The monoisotopic (exact) mass is 345 g/mol. The second kappa shape index (κ2) is 6.32. The van der Waals surface area contributed by atoms with Crippen molar-refractivity contribution in [2.45, 2.75) is 17.6 Å². The molecule has 2 aromatic carbocycles. The van der Waals surface area contributed by atoms with E-state index in [4.69, 9.17) is 17.3 Å². The van der Waals surface area contributed by atoms with Crippen LogP contribution in [0.2, 0.25) is 5.02 Å². The van der Waals surface area contributed by atoms with Gasteiger partial charge in [0.05, 0.1) is 5.56 Å². The Labute approximate surface area is 135 Å². The van der Waals surface area contributed by atoms with Gasteiger partial charge in [-0.1, -0.05) is 23.7 Å². The van der Waals surface area contributed by atoms with Crippen LogP contribution in [0.5, 0.6) is 0 Å². The second-order valence-electron chi connectivity index (χ2n) is 4.55. The SMILES string of the molecule is NCc1cc(Cl)cc(C(F)(F)F)c1-c1c(S)cccc1C=O. The highest BCUT2D eigenvalue weighted by atomic mass is 35.5. The van der Waals surface area contributed by atoms with Crippen LogP contribution in [0, 0.1) is 0 Å². The van der Waals surface area contributed by atoms with Crippen molar-refractivity contribution >= 4 is 30.5 Å². The zero-order valence-corrected chi connectivity index (χ0v) is 12.8. The topological polar surface area (TPSA) is 43.1 Å². The Morgan fingerprint density at radius 2 is 1.91 bits per heavy atom. The number of thiol groups is 1. The number of alkyl halides is 3. The van der Waals surface area contributed by atoms with Crippen LogP contribution in [0.3, 0.4) is 0 Å². The predicted octanol–water partition coefficient (Wildman–Crippen LogP) is 4.59. The van der Waals surface area contributed by atoms with Crippen molar-refractivity contribution in [3.05, 3.63) is 52.0 Å². The zero-order valence-electron chi connectivity index (χ0n) is 11.1. The summed E-state index contributed by atoms with van der Waals surface area (Å²) in [6.07, 6.45) is -4.15. The normalized spacial score (nSPS) is 11.5. The van der Waals surface area contributed by atoms with Crippen molar-refractivity contribution in [1.82, 2.24) is 0 Å². The van der Waals surface area contributed by atoms with Crippen LogP contribution >= 0.6 is 24.2 Å². The summed E-state index contributed by atoms with van der Waals surface area (Å²) in [5.74, 6) is 0. The highest BCUT2D eigenvalue weighted by Gasteiger charge is 2.36. The van der Waals surface area contributed by atoms with E-state index in [0.717, 1.165) is 6.07 Å². The molecule has 0 amide bonds. The summed E-state index contributed by atoms with van der Waals surface area (Å²) in [4.78, 5) is 11.5. The van der Waals surface area contributed by atoms with E-state index in [2.05, 4.69) is 12.6 Å². The van der Waals surface area contributed by atoms with Crippen molar-refractivity contribution in [3.8, 4) is 11.1 Å². The number of rotatable bonds is 3. The maximum Gasteiger partial charge on any atom is 0.417 e. The molecule has 0 bridgehead atoms. The number of aldehydes is 1. The number of carbonyl (C=O) groups is 1. The Bertz CT molecular complexity index is 731. The maximum absolute atomic E-state index is 13.4. The largest absolute Gasteiger partial charge is 0.417 e. The molecule has 0 fully saturated rings. The van der Waals surface area contributed by atoms with Gasteiger partial charge in [-0.25, -0.2) is 0 Å². The first-order valence-corrected chi connectivity index (χ1v) is 6.99. The molecule has 0 aromatic heterocycles. The number of nitrogens with two attached hydrogens (primary N) is 1. The Hall–Kier alpha value is -1.50. The molecule has 0 spiro atoms. The first kappa shape index (κ1) is 16.9. The number of hydrogen-bond acceptors (Lipinski definition) is 3. The number of halogens is 4. The average molecular weight is 346 g/mol. The van der Waals surface area contributed by atoms with Crippen molar-refractivity contribution in [1.29, 1.82) is 0 Å². The molecule has 0 atom stereocenters. The van der Waals surface area contributed by atoms with E-state index in [0.29, 0.717) is 6.29 Å². The van der Waals surface area contributed by atoms with Crippen LogP contribution in [0.1, 0.15) is 21.5 Å². The molecular formula is C15H11ClF3NOS. The van der Waals surface area contributed by atoms with Gasteiger partial charge in [-0.05, 0) is 23.8 Å². The lowest BCUT2D eigenvalue weighted by atomic mass is 9.91. The summed E-state index contributed by atoms with van der Waals surface area (Å²) < 4.78 is 40.2. The molecule has 2 rings (SSSR count). The summed E-state index contributed by atoms with van der Waals surface area (Å²) in [5.41, 5.74) is 4.88. The quantitative estimate of drug-likeness (QED) is 0.631. The molecule has 22 heavy (non-hydrogen) atoms. The maximum atomic E-state index is 13.4. The van der Waals surface area contributed by atoms with E-state index in [9.17, 15) is 18.0 Å². The van der Waals surface area contributed by atoms with E-state index in [-0.39, 0.29) is 38.7 Å². The van der Waals surface area contributed by atoms with E-state index < -0.39 is 11.7 Å². The van der Waals surface area contributed by atoms with Gasteiger partial charge in [0.15, 0.2) is 6.29 Å². The molecule has 0 radical (unpaired) electrons. The van der Waals surface area contributed by atoms with Crippen LogP contribution in [-0.2, 0) is 12.7 Å². The number of carbonyl (C=O) groups excluding carboxylic acids is 1. The molecule has 0 aliphatic carbocycles. The lowest BCUT2D eigenvalue weighted by molar-refractivity contribution is -0.137. The highest BCUT2D eigenvalue weighted by Crippen LogP contribution is 2.43. The van der Waals surface area contributed by atoms with E-state index >= 15 is 0 Å². The molecule has 0 heterocycles. The third kappa shape index (κ3) is 3.14. The smallest absolute Gasteiger partial charge is 0.326 e. The van der Waals surface area contributed by atoms with Crippen LogP contribution < -0.4 is 5.73 Å². The summed E-state index contributed by atoms with van der Waals surface area (Å²) in [6, 6.07) is 6.67. The van der Waals surface area contributed by atoms with Gasteiger partial charge in [0, 0.05) is 33.2 Å². The predicted molar refractivity (Wildman–Crippen MR) is 82.4 cm³/mol. The van der Waals surface area contributed by atoms with Gasteiger partial charge in [0.2, 0.25) is 0 Å². The minimum atomic E-state index is -4.64. The lowest BCUT2D eigenvalue weighted by Gasteiger charge is -2.19. The Kier molecular flexibility index (Phi) is 4.84. The molecular weight excluding hydrogens is 335 g/mol. The van der Waals surface area contributed by atoms with E-state index in [1.807, 2.05) is 0 Å². The highest BCUT2D eigenvalue weighted by molar-refractivity contribution is 7.80. The van der Waals surface area contributed by atoms with Crippen LogP contribution in [0.25, 0.3) is 11.1 Å². The van der Waals surface area contributed by atoms with Crippen molar-refractivity contribution in [2.24, 2.45) is 5.73 Å². The van der Waals surface area contributed by atoms with Gasteiger partial charge >= 0.3 is 6.18 Å². The molecule has 2 nitrogen and oxygen atoms in total. The van der Waals surface area contributed by atoms with Crippen LogP contribution in [0.15, 0.2) is 35.2 Å². The Morgan fingerprint density at radius 3 is 2.45 bits per heavy atom. The van der Waals surface area contributed by atoms with Gasteiger partial charge in [-0.15, -0.1) is 12.6 Å². The number of benzene rings is 2. The number of hydrogen-bond donors (Lipinski definition) is 2. The molecule has 2 aromatic rings. The van der Waals surface area contributed by atoms with Crippen LogP contribution in [0.4, 0.5) is 13.2 Å². The standard InChI is InChI=1S/C15H11ClF3NOS/c16-10-4-9(6-20)13(11(5-10)15(17,18)19)14-8(7-21)2-1-3-12(14)22/h1-5,7,22H,6,20H2. The molecule has 7 heteroatoms. The van der Waals surface area contributed by atoms with Gasteiger partial charge in [-0.2, -0.15) is 13.2 Å². The molecule has 2 N–H and O–H groups in total. The minimum absolute atomic E-state index is 0.0687. The van der Waals surface area contributed by atoms with Gasteiger partial charge in [-0.3, -0.25) is 4.79 Å². The average Bonchev–Trinajstić information content (AvgIpc) is 2.45. The third-order valence-electron chi connectivity index (χ3n) is 3.16. The van der Waals surface area contributed by atoms with E-state index in [1.54, 1.807) is 6.07 Å². The minimum Gasteiger partial charge on any atom is -0.326 e. The summed E-state index contributed by atoms with van der Waals surface area (Å²) in [5, 5.41) is -0.0687. The summed E-state index contributed by atoms with van der Waals surface area (Å²) in [7, 11) is 0.